The quantitative estimate of drug-likeness (QED) is 0.413. The van der Waals surface area contributed by atoms with Gasteiger partial charge in [-0.05, 0) is 13.3 Å². The Morgan fingerprint density at radius 1 is 1.39 bits per heavy atom. The molecule has 0 spiro atoms. The maximum atomic E-state index is 11.4. The van der Waals surface area contributed by atoms with Crippen molar-refractivity contribution in [2.45, 2.75) is 26.7 Å². The van der Waals surface area contributed by atoms with Gasteiger partial charge in [-0.25, -0.2) is 10.8 Å². The van der Waals surface area contributed by atoms with E-state index in [0.29, 0.717) is 31.3 Å². The molecule has 1 heterocycles. The van der Waals surface area contributed by atoms with Crippen LogP contribution in [0, 0.1) is 6.92 Å². The Hall–Kier alpha value is -1.89. The molecule has 0 unspecified atom stereocenters. The van der Waals surface area contributed by atoms with Gasteiger partial charge in [-0.3, -0.25) is 10.2 Å². The predicted molar refractivity (Wildman–Crippen MR) is 71.0 cm³/mol. The van der Waals surface area contributed by atoms with E-state index < -0.39 is 0 Å². The van der Waals surface area contributed by atoms with E-state index >= 15 is 0 Å². The van der Waals surface area contributed by atoms with Crippen molar-refractivity contribution < 1.29 is 4.79 Å². The van der Waals surface area contributed by atoms with Crippen LogP contribution in [-0.4, -0.2) is 29.0 Å². The molecule has 100 valence electrons. The number of nitrogens with one attached hydrogen (secondary N) is 3. The number of nitrogen functional groups attached to an aromatic ring is 1. The number of nitrogens with zero attached hydrogens (tertiary/aromatic N) is 2. The van der Waals surface area contributed by atoms with Crippen molar-refractivity contribution in [1.29, 1.82) is 0 Å². The number of anilines is 2. The van der Waals surface area contributed by atoms with Crippen LogP contribution in [0.2, 0.25) is 0 Å². The summed E-state index contributed by atoms with van der Waals surface area (Å²) >= 11 is 0. The molecule has 1 amide bonds. The lowest BCUT2D eigenvalue weighted by molar-refractivity contribution is -0.120. The first-order valence-electron chi connectivity index (χ1n) is 5.98. The van der Waals surface area contributed by atoms with Crippen molar-refractivity contribution in [3.05, 3.63) is 11.8 Å². The number of aryl methyl sites for hydroxylation is 1. The SMILES string of the molecule is CCCNC(=O)CCNc1cc(C)nc(NN)n1. The van der Waals surface area contributed by atoms with E-state index in [0.717, 1.165) is 12.1 Å². The topological polar surface area (TPSA) is 105 Å². The normalized spacial score (nSPS) is 9.94. The lowest BCUT2D eigenvalue weighted by atomic mass is 10.3. The van der Waals surface area contributed by atoms with Gasteiger partial charge in [-0.1, -0.05) is 6.92 Å². The van der Waals surface area contributed by atoms with Crippen LogP contribution >= 0.6 is 0 Å². The third-order valence-electron chi connectivity index (χ3n) is 2.21. The molecule has 0 aliphatic carbocycles. The van der Waals surface area contributed by atoms with Gasteiger partial charge >= 0.3 is 0 Å². The van der Waals surface area contributed by atoms with Crippen LogP contribution in [0.25, 0.3) is 0 Å². The molecule has 18 heavy (non-hydrogen) atoms. The summed E-state index contributed by atoms with van der Waals surface area (Å²) < 4.78 is 0. The van der Waals surface area contributed by atoms with Crippen molar-refractivity contribution in [2.75, 3.05) is 23.8 Å². The number of rotatable bonds is 7. The fourth-order valence-corrected chi connectivity index (χ4v) is 1.38. The molecule has 0 saturated heterocycles. The Morgan fingerprint density at radius 2 is 2.17 bits per heavy atom. The first-order chi connectivity index (χ1) is 8.65. The van der Waals surface area contributed by atoms with Crippen molar-refractivity contribution in [1.82, 2.24) is 15.3 Å². The zero-order valence-corrected chi connectivity index (χ0v) is 10.8. The molecule has 1 rings (SSSR count). The number of hydrogen-bond acceptors (Lipinski definition) is 6. The molecular weight excluding hydrogens is 232 g/mol. The van der Waals surface area contributed by atoms with Crippen LogP contribution in [-0.2, 0) is 4.79 Å². The molecule has 1 aromatic heterocycles. The number of amides is 1. The second-order valence-corrected chi connectivity index (χ2v) is 3.89. The molecule has 0 atom stereocenters. The molecule has 7 nitrogen and oxygen atoms in total. The van der Waals surface area contributed by atoms with Gasteiger partial charge in [0.25, 0.3) is 0 Å². The number of aromatic nitrogens is 2. The molecule has 1 aromatic rings. The Bertz CT molecular complexity index is 395. The van der Waals surface area contributed by atoms with Crippen LogP contribution in [0.3, 0.4) is 0 Å². The van der Waals surface area contributed by atoms with Gasteiger partial charge in [0, 0.05) is 31.3 Å². The summed E-state index contributed by atoms with van der Waals surface area (Å²) in [5.74, 6) is 6.29. The van der Waals surface area contributed by atoms with E-state index in [4.69, 9.17) is 5.84 Å². The van der Waals surface area contributed by atoms with Gasteiger partial charge < -0.3 is 10.6 Å². The molecule has 0 bridgehead atoms. The average Bonchev–Trinajstić information content (AvgIpc) is 2.35. The molecule has 0 fully saturated rings. The highest BCUT2D eigenvalue weighted by molar-refractivity contribution is 5.76. The summed E-state index contributed by atoms with van der Waals surface area (Å²) in [5.41, 5.74) is 3.20. The Morgan fingerprint density at radius 3 is 2.83 bits per heavy atom. The summed E-state index contributed by atoms with van der Waals surface area (Å²) in [6, 6.07) is 1.80. The van der Waals surface area contributed by atoms with E-state index in [1.54, 1.807) is 6.07 Å². The van der Waals surface area contributed by atoms with Gasteiger partial charge in [0.1, 0.15) is 5.82 Å². The fraction of sp³-hybridized carbons (Fsp3) is 0.545. The minimum Gasteiger partial charge on any atom is -0.369 e. The van der Waals surface area contributed by atoms with Crippen LogP contribution in [0.5, 0.6) is 0 Å². The Kier molecular flexibility index (Phi) is 5.86. The second-order valence-electron chi connectivity index (χ2n) is 3.89. The van der Waals surface area contributed by atoms with Crippen molar-refractivity contribution in [2.24, 2.45) is 5.84 Å². The summed E-state index contributed by atoms with van der Waals surface area (Å²) in [6.45, 7) is 5.11. The highest BCUT2D eigenvalue weighted by Crippen LogP contribution is 2.08. The average molecular weight is 252 g/mol. The van der Waals surface area contributed by atoms with E-state index in [9.17, 15) is 4.79 Å². The Balaban J connectivity index is 2.39. The molecule has 0 aliphatic heterocycles. The van der Waals surface area contributed by atoms with E-state index in [1.807, 2.05) is 13.8 Å². The van der Waals surface area contributed by atoms with Gasteiger partial charge in [0.15, 0.2) is 0 Å². The molecule has 0 aliphatic rings. The zero-order valence-electron chi connectivity index (χ0n) is 10.8. The highest BCUT2D eigenvalue weighted by Gasteiger charge is 2.02. The minimum atomic E-state index is 0.0345. The van der Waals surface area contributed by atoms with E-state index in [1.165, 1.54) is 0 Å². The number of hydrogen-bond donors (Lipinski definition) is 4. The van der Waals surface area contributed by atoms with Crippen molar-refractivity contribution in [3.63, 3.8) is 0 Å². The summed E-state index contributed by atoms with van der Waals surface area (Å²) in [6.07, 6.45) is 1.35. The molecule has 0 aromatic carbocycles. The lowest BCUT2D eigenvalue weighted by Crippen LogP contribution is -2.26. The van der Waals surface area contributed by atoms with Gasteiger partial charge in [0.2, 0.25) is 11.9 Å². The summed E-state index contributed by atoms with van der Waals surface area (Å²) in [4.78, 5) is 19.6. The molecule has 5 N–H and O–H groups in total. The number of carbonyl (C=O) groups is 1. The highest BCUT2D eigenvalue weighted by atomic mass is 16.1. The molecule has 0 radical (unpaired) electrons. The number of nitrogens with two attached hydrogens (primary N) is 1. The van der Waals surface area contributed by atoms with Crippen molar-refractivity contribution >= 4 is 17.7 Å². The van der Waals surface area contributed by atoms with Crippen LogP contribution in [0.1, 0.15) is 25.5 Å². The summed E-state index contributed by atoms with van der Waals surface area (Å²) in [5, 5.41) is 5.87. The smallest absolute Gasteiger partial charge is 0.239 e. The maximum Gasteiger partial charge on any atom is 0.239 e. The number of hydrazine groups is 1. The minimum absolute atomic E-state index is 0.0345. The third-order valence-corrected chi connectivity index (χ3v) is 2.21. The zero-order chi connectivity index (χ0) is 13.4. The monoisotopic (exact) mass is 252 g/mol. The second kappa shape index (κ2) is 7.44. The van der Waals surface area contributed by atoms with Gasteiger partial charge in [-0.2, -0.15) is 4.98 Å². The van der Waals surface area contributed by atoms with Gasteiger partial charge in [-0.15, -0.1) is 0 Å². The third kappa shape index (κ3) is 4.96. The first kappa shape index (κ1) is 14.2. The first-order valence-corrected chi connectivity index (χ1v) is 5.98. The van der Waals surface area contributed by atoms with Crippen LogP contribution < -0.4 is 21.9 Å². The summed E-state index contributed by atoms with van der Waals surface area (Å²) in [7, 11) is 0. The Labute approximate surface area is 107 Å². The molecule has 7 heteroatoms. The van der Waals surface area contributed by atoms with E-state index in [-0.39, 0.29) is 5.91 Å². The number of carbonyl (C=O) groups excluding carboxylic acids is 1. The van der Waals surface area contributed by atoms with Crippen LogP contribution in [0.15, 0.2) is 6.07 Å². The predicted octanol–water partition coefficient (Wildman–Crippen LogP) is 0.399. The van der Waals surface area contributed by atoms with Crippen LogP contribution in [0.4, 0.5) is 11.8 Å². The standard InChI is InChI=1S/C11H20N6O/c1-3-5-14-10(18)4-6-13-9-7-8(2)15-11(16-9)17-12/h7H,3-6,12H2,1-2H3,(H,14,18)(H2,13,15,16,17). The largest absolute Gasteiger partial charge is 0.369 e. The lowest BCUT2D eigenvalue weighted by Gasteiger charge is -2.08. The molecular formula is C11H20N6O. The van der Waals surface area contributed by atoms with Crippen molar-refractivity contribution in [3.8, 4) is 0 Å². The molecule has 0 saturated carbocycles. The van der Waals surface area contributed by atoms with Gasteiger partial charge in [0.05, 0.1) is 0 Å². The van der Waals surface area contributed by atoms with E-state index in [2.05, 4.69) is 26.0 Å². The fourth-order valence-electron chi connectivity index (χ4n) is 1.38. The maximum absolute atomic E-state index is 11.4.